The number of nitrogens with zero attached hydrogens (tertiary/aromatic N) is 2. The molecule has 0 aliphatic carbocycles. The smallest absolute Gasteiger partial charge is 0.191 e. The largest absolute Gasteiger partial charge is 0.497 e. The van der Waals surface area contributed by atoms with Crippen LogP contribution in [0.3, 0.4) is 0 Å². The normalized spacial score (nSPS) is 10.6. The number of hydrogen-bond donors (Lipinski definition) is 2. The first-order valence-corrected chi connectivity index (χ1v) is 9.08. The van der Waals surface area contributed by atoms with Gasteiger partial charge in [-0.2, -0.15) is 5.10 Å². The van der Waals surface area contributed by atoms with Crippen molar-refractivity contribution < 1.29 is 4.74 Å². The molecule has 0 unspecified atom stereocenters. The van der Waals surface area contributed by atoms with E-state index in [0.29, 0.717) is 5.11 Å². The van der Waals surface area contributed by atoms with Gasteiger partial charge in [0.2, 0.25) is 0 Å². The molecule has 0 aliphatic heterocycles. The number of anilines is 2. The highest BCUT2D eigenvalue weighted by Crippen LogP contribution is 2.15. The second-order valence-corrected chi connectivity index (χ2v) is 6.33. The Morgan fingerprint density at radius 3 is 2.46 bits per heavy atom. The monoisotopic (exact) mass is 370 g/mol. The van der Waals surface area contributed by atoms with Crippen LogP contribution in [0, 0.1) is 0 Å². The zero-order chi connectivity index (χ0) is 18.8. The molecule has 2 N–H and O–H groups in total. The van der Waals surface area contributed by atoms with Crippen LogP contribution in [0.4, 0.5) is 11.4 Å². The van der Waals surface area contributed by atoms with Crippen LogP contribution in [0.25, 0.3) is 0 Å². The molecular weight excluding hydrogens is 344 g/mol. The molecule has 0 aliphatic rings. The first-order valence-electron chi connectivity index (χ1n) is 8.67. The Hall–Kier alpha value is -2.60. The predicted octanol–water partition coefficient (Wildman–Crippen LogP) is 4.25. The summed E-state index contributed by atoms with van der Waals surface area (Å²) < 4.78 is 5.13. The van der Waals surface area contributed by atoms with Crippen LogP contribution < -0.4 is 20.4 Å². The molecule has 0 atom stereocenters. The van der Waals surface area contributed by atoms with E-state index in [1.54, 1.807) is 13.3 Å². The number of hydrazone groups is 1. The second kappa shape index (κ2) is 10.4. The Kier molecular flexibility index (Phi) is 7.89. The summed E-state index contributed by atoms with van der Waals surface area (Å²) in [6, 6.07) is 15.8. The molecule has 0 fully saturated rings. The molecule has 138 valence electrons. The zero-order valence-corrected chi connectivity index (χ0v) is 16.3. The molecule has 0 radical (unpaired) electrons. The fourth-order valence-electron chi connectivity index (χ4n) is 2.34. The molecule has 0 saturated carbocycles. The van der Waals surface area contributed by atoms with Gasteiger partial charge in [-0.05, 0) is 60.6 Å². The minimum absolute atomic E-state index is 0.433. The SMILES string of the molecule is CCCCN(C)c1ccc(/C=N/NC(=S)Nc2ccc(OC)cc2)cc1. The highest BCUT2D eigenvalue weighted by atomic mass is 32.1. The minimum Gasteiger partial charge on any atom is -0.497 e. The van der Waals surface area contributed by atoms with E-state index in [9.17, 15) is 0 Å². The van der Waals surface area contributed by atoms with Crippen LogP contribution in [0.5, 0.6) is 5.75 Å². The molecule has 0 spiro atoms. The van der Waals surface area contributed by atoms with Crippen LogP contribution in [0.2, 0.25) is 0 Å². The molecule has 2 aromatic carbocycles. The summed E-state index contributed by atoms with van der Waals surface area (Å²) >= 11 is 5.23. The summed E-state index contributed by atoms with van der Waals surface area (Å²) in [4.78, 5) is 2.26. The topological polar surface area (TPSA) is 48.9 Å². The van der Waals surface area contributed by atoms with E-state index >= 15 is 0 Å². The van der Waals surface area contributed by atoms with Gasteiger partial charge in [-0.1, -0.05) is 25.5 Å². The highest BCUT2D eigenvalue weighted by Gasteiger charge is 2.00. The summed E-state index contributed by atoms with van der Waals surface area (Å²) in [5, 5.41) is 7.68. The summed E-state index contributed by atoms with van der Waals surface area (Å²) in [6.45, 7) is 3.27. The van der Waals surface area contributed by atoms with Crippen molar-refractivity contribution in [3.8, 4) is 5.75 Å². The number of rotatable bonds is 8. The van der Waals surface area contributed by atoms with Crippen molar-refractivity contribution in [2.45, 2.75) is 19.8 Å². The van der Waals surface area contributed by atoms with E-state index in [4.69, 9.17) is 17.0 Å². The van der Waals surface area contributed by atoms with Crippen molar-refractivity contribution in [3.63, 3.8) is 0 Å². The summed E-state index contributed by atoms with van der Waals surface area (Å²) in [6.07, 6.45) is 4.14. The molecule has 0 aromatic heterocycles. The summed E-state index contributed by atoms with van der Waals surface area (Å²) in [7, 11) is 3.75. The van der Waals surface area contributed by atoms with Crippen LogP contribution in [0.15, 0.2) is 53.6 Å². The van der Waals surface area contributed by atoms with Crippen LogP contribution in [-0.2, 0) is 0 Å². The van der Waals surface area contributed by atoms with Crippen molar-refractivity contribution in [1.82, 2.24) is 5.43 Å². The molecule has 6 heteroatoms. The third-order valence-electron chi connectivity index (χ3n) is 3.91. The highest BCUT2D eigenvalue weighted by molar-refractivity contribution is 7.80. The lowest BCUT2D eigenvalue weighted by atomic mass is 10.2. The lowest BCUT2D eigenvalue weighted by molar-refractivity contribution is 0.415. The third-order valence-corrected chi connectivity index (χ3v) is 4.10. The van der Waals surface area contributed by atoms with E-state index < -0.39 is 0 Å². The maximum Gasteiger partial charge on any atom is 0.191 e. The molecule has 2 rings (SSSR count). The van der Waals surface area contributed by atoms with Gasteiger partial charge < -0.3 is 15.0 Å². The fraction of sp³-hybridized carbons (Fsp3) is 0.300. The van der Waals surface area contributed by atoms with E-state index in [1.807, 2.05) is 36.4 Å². The average Bonchev–Trinajstić information content (AvgIpc) is 2.67. The first-order chi connectivity index (χ1) is 12.6. The van der Waals surface area contributed by atoms with Crippen molar-refractivity contribution in [2.75, 3.05) is 30.9 Å². The van der Waals surface area contributed by atoms with Gasteiger partial charge in [0.1, 0.15) is 5.75 Å². The number of unbranched alkanes of at least 4 members (excludes halogenated alkanes) is 1. The van der Waals surface area contributed by atoms with E-state index in [-0.39, 0.29) is 0 Å². The van der Waals surface area contributed by atoms with Crippen LogP contribution in [0.1, 0.15) is 25.3 Å². The first kappa shape index (κ1) is 19.7. The summed E-state index contributed by atoms with van der Waals surface area (Å²) in [5.41, 5.74) is 5.91. The maximum atomic E-state index is 5.23. The van der Waals surface area contributed by atoms with Gasteiger partial charge in [-0.15, -0.1) is 0 Å². The minimum atomic E-state index is 0.433. The number of hydrogen-bond acceptors (Lipinski definition) is 4. The van der Waals surface area contributed by atoms with Gasteiger partial charge >= 0.3 is 0 Å². The Balaban J connectivity index is 1.82. The van der Waals surface area contributed by atoms with E-state index in [0.717, 1.165) is 23.5 Å². The number of ether oxygens (including phenoxy) is 1. The van der Waals surface area contributed by atoms with Crippen molar-refractivity contribution in [2.24, 2.45) is 5.10 Å². The van der Waals surface area contributed by atoms with Gasteiger partial charge in [0.25, 0.3) is 0 Å². The molecule has 0 bridgehead atoms. The maximum absolute atomic E-state index is 5.23. The van der Waals surface area contributed by atoms with Crippen LogP contribution >= 0.6 is 12.2 Å². The van der Waals surface area contributed by atoms with Gasteiger partial charge in [-0.25, -0.2) is 0 Å². The van der Waals surface area contributed by atoms with E-state index in [1.165, 1.54) is 18.5 Å². The number of nitrogens with one attached hydrogen (secondary N) is 2. The average molecular weight is 371 g/mol. The van der Waals surface area contributed by atoms with Crippen molar-refractivity contribution in [3.05, 3.63) is 54.1 Å². The molecule has 2 aromatic rings. The fourth-order valence-corrected chi connectivity index (χ4v) is 2.51. The van der Waals surface area contributed by atoms with Crippen LogP contribution in [-0.4, -0.2) is 32.0 Å². The Labute approximate surface area is 161 Å². The molecule has 0 heterocycles. The molecular formula is C20H26N4OS. The third kappa shape index (κ3) is 6.37. The van der Waals surface area contributed by atoms with Gasteiger partial charge in [0, 0.05) is 25.0 Å². The zero-order valence-electron chi connectivity index (χ0n) is 15.5. The lowest BCUT2D eigenvalue weighted by Gasteiger charge is -2.18. The standard InChI is InChI=1S/C20H26N4OS/c1-4-5-14-24(2)18-10-6-16(7-11-18)15-21-23-20(26)22-17-8-12-19(25-3)13-9-17/h6-13,15H,4-5,14H2,1-3H3,(H2,22,23,26)/b21-15+. The predicted molar refractivity (Wildman–Crippen MR) is 115 cm³/mol. The van der Waals surface area contributed by atoms with Crippen molar-refractivity contribution in [1.29, 1.82) is 0 Å². The Morgan fingerprint density at radius 1 is 1.15 bits per heavy atom. The lowest BCUT2D eigenvalue weighted by Crippen LogP contribution is -2.23. The summed E-state index contributed by atoms with van der Waals surface area (Å²) in [5.74, 6) is 0.802. The molecule has 5 nitrogen and oxygen atoms in total. The Bertz CT molecular complexity index is 714. The second-order valence-electron chi connectivity index (χ2n) is 5.92. The molecule has 0 amide bonds. The molecule has 0 saturated heterocycles. The molecule has 26 heavy (non-hydrogen) atoms. The van der Waals surface area contributed by atoms with E-state index in [2.05, 4.69) is 46.8 Å². The number of benzene rings is 2. The Morgan fingerprint density at radius 2 is 1.85 bits per heavy atom. The van der Waals surface area contributed by atoms with Gasteiger partial charge in [0.05, 0.1) is 13.3 Å². The van der Waals surface area contributed by atoms with Crippen molar-refractivity contribution >= 4 is 34.9 Å². The van der Waals surface area contributed by atoms with Gasteiger partial charge in [-0.3, -0.25) is 5.43 Å². The van der Waals surface area contributed by atoms with Gasteiger partial charge in [0.15, 0.2) is 5.11 Å². The quantitative estimate of drug-likeness (QED) is 0.413. The number of methoxy groups -OCH3 is 1. The number of thiocarbonyl (C=S) groups is 1.